The number of hydrogen-bond donors (Lipinski definition) is 1. The molecule has 86 valence electrons. The third kappa shape index (κ3) is 2.44. The van der Waals surface area contributed by atoms with Crippen LogP contribution >= 0.6 is 15.9 Å². The topological polar surface area (TPSA) is 40.5 Å². The summed E-state index contributed by atoms with van der Waals surface area (Å²) < 4.78 is 0. The minimum atomic E-state index is -0.356. The van der Waals surface area contributed by atoms with E-state index in [0.717, 1.165) is 10.9 Å². The van der Waals surface area contributed by atoms with Crippen LogP contribution in [0.1, 0.15) is 22.3 Å². The average Bonchev–Trinajstić information content (AvgIpc) is 2.75. The fourth-order valence-electron chi connectivity index (χ4n) is 1.85. The molecule has 0 saturated carbocycles. The minimum absolute atomic E-state index is 0.0117. The van der Waals surface area contributed by atoms with Gasteiger partial charge in [0, 0.05) is 24.0 Å². The highest BCUT2D eigenvalue weighted by Crippen LogP contribution is 2.14. The molecule has 1 N–H and O–H groups in total. The first-order valence-electron chi connectivity index (χ1n) is 5.33. The molecule has 4 heteroatoms. The van der Waals surface area contributed by atoms with Gasteiger partial charge in [0.05, 0.1) is 6.10 Å². The third-order valence-corrected chi connectivity index (χ3v) is 3.45. The summed E-state index contributed by atoms with van der Waals surface area (Å²) in [7, 11) is 0. The number of β-amino-alcohol motifs (C(OH)–C–C–N with tert-alkyl or cyclic N) is 1. The van der Waals surface area contributed by atoms with E-state index < -0.39 is 0 Å². The van der Waals surface area contributed by atoms with Gasteiger partial charge in [-0.1, -0.05) is 28.1 Å². The van der Waals surface area contributed by atoms with Gasteiger partial charge in [0.15, 0.2) is 0 Å². The van der Waals surface area contributed by atoms with Crippen molar-refractivity contribution in [1.29, 1.82) is 0 Å². The largest absolute Gasteiger partial charge is 0.391 e. The molecule has 1 amide bonds. The van der Waals surface area contributed by atoms with Gasteiger partial charge in [-0.3, -0.25) is 4.79 Å². The number of alkyl halides is 1. The molecule has 1 saturated heterocycles. The summed E-state index contributed by atoms with van der Waals surface area (Å²) in [4.78, 5) is 13.7. The van der Waals surface area contributed by atoms with Crippen molar-refractivity contribution in [2.75, 3.05) is 13.1 Å². The quantitative estimate of drug-likeness (QED) is 0.841. The van der Waals surface area contributed by atoms with Gasteiger partial charge in [-0.05, 0) is 24.1 Å². The molecule has 1 aliphatic rings. The van der Waals surface area contributed by atoms with Crippen molar-refractivity contribution in [3.63, 3.8) is 0 Å². The van der Waals surface area contributed by atoms with Crippen LogP contribution in [-0.2, 0) is 5.33 Å². The van der Waals surface area contributed by atoms with E-state index >= 15 is 0 Å². The Labute approximate surface area is 103 Å². The molecular weight excluding hydrogens is 270 g/mol. The second-order valence-electron chi connectivity index (χ2n) is 4.02. The number of amides is 1. The maximum Gasteiger partial charge on any atom is 0.253 e. The number of rotatable bonds is 2. The molecule has 2 rings (SSSR count). The van der Waals surface area contributed by atoms with Crippen molar-refractivity contribution < 1.29 is 9.90 Å². The van der Waals surface area contributed by atoms with Gasteiger partial charge in [0.2, 0.25) is 0 Å². The number of carbonyl (C=O) groups excluding carboxylic acids is 1. The van der Waals surface area contributed by atoms with Gasteiger partial charge in [-0.2, -0.15) is 0 Å². The normalized spacial score (nSPS) is 20.1. The molecule has 1 aliphatic heterocycles. The van der Waals surface area contributed by atoms with Crippen LogP contribution < -0.4 is 0 Å². The molecule has 1 fully saturated rings. The maximum atomic E-state index is 12.0. The van der Waals surface area contributed by atoms with Crippen molar-refractivity contribution in [3.05, 3.63) is 35.4 Å². The lowest BCUT2D eigenvalue weighted by Gasteiger charge is -2.15. The van der Waals surface area contributed by atoms with E-state index in [0.29, 0.717) is 25.1 Å². The van der Waals surface area contributed by atoms with Gasteiger partial charge in [-0.15, -0.1) is 0 Å². The molecule has 1 aromatic rings. The van der Waals surface area contributed by atoms with Crippen molar-refractivity contribution >= 4 is 21.8 Å². The molecule has 0 radical (unpaired) electrons. The highest BCUT2D eigenvalue weighted by molar-refractivity contribution is 9.08. The zero-order valence-corrected chi connectivity index (χ0v) is 10.5. The molecule has 16 heavy (non-hydrogen) atoms. The number of carbonyl (C=O) groups is 1. The van der Waals surface area contributed by atoms with E-state index in [1.54, 1.807) is 4.90 Å². The summed E-state index contributed by atoms with van der Waals surface area (Å²) in [6, 6.07) is 7.55. The number of benzene rings is 1. The van der Waals surface area contributed by atoms with Crippen molar-refractivity contribution in [3.8, 4) is 0 Å². The number of halogens is 1. The average molecular weight is 284 g/mol. The van der Waals surface area contributed by atoms with Crippen molar-refractivity contribution in [2.24, 2.45) is 0 Å². The Bertz CT molecular complexity index is 377. The van der Waals surface area contributed by atoms with Crippen molar-refractivity contribution in [2.45, 2.75) is 17.9 Å². The van der Waals surface area contributed by atoms with Gasteiger partial charge in [0.1, 0.15) is 0 Å². The monoisotopic (exact) mass is 283 g/mol. The van der Waals surface area contributed by atoms with Crippen LogP contribution in [0.25, 0.3) is 0 Å². The highest BCUT2D eigenvalue weighted by atomic mass is 79.9. The van der Waals surface area contributed by atoms with E-state index in [4.69, 9.17) is 0 Å². The van der Waals surface area contributed by atoms with Crippen LogP contribution in [0.5, 0.6) is 0 Å². The molecule has 1 atom stereocenters. The Hall–Kier alpha value is -0.870. The van der Waals surface area contributed by atoms with Crippen LogP contribution in [-0.4, -0.2) is 35.1 Å². The fourth-order valence-corrected chi connectivity index (χ4v) is 2.22. The predicted molar refractivity (Wildman–Crippen MR) is 65.6 cm³/mol. The van der Waals surface area contributed by atoms with Crippen LogP contribution in [0.4, 0.5) is 0 Å². The number of hydrogen-bond acceptors (Lipinski definition) is 2. The molecule has 0 bridgehead atoms. The van der Waals surface area contributed by atoms with Gasteiger partial charge in [0.25, 0.3) is 5.91 Å². The zero-order chi connectivity index (χ0) is 11.5. The highest BCUT2D eigenvalue weighted by Gasteiger charge is 2.25. The molecule has 0 spiro atoms. The van der Waals surface area contributed by atoms with E-state index in [1.807, 2.05) is 24.3 Å². The number of nitrogens with zero attached hydrogens (tertiary/aromatic N) is 1. The van der Waals surface area contributed by atoms with Crippen LogP contribution in [0.15, 0.2) is 24.3 Å². The molecule has 0 aliphatic carbocycles. The third-order valence-electron chi connectivity index (χ3n) is 2.81. The molecular formula is C12H14BrNO2. The summed E-state index contributed by atoms with van der Waals surface area (Å²) in [6.45, 7) is 1.11. The smallest absolute Gasteiger partial charge is 0.253 e. The second kappa shape index (κ2) is 4.97. The van der Waals surface area contributed by atoms with E-state index in [2.05, 4.69) is 15.9 Å². The summed E-state index contributed by atoms with van der Waals surface area (Å²) in [5.41, 5.74) is 1.84. The molecule has 1 aromatic carbocycles. The lowest BCUT2D eigenvalue weighted by Crippen LogP contribution is -2.29. The van der Waals surface area contributed by atoms with E-state index in [1.165, 1.54) is 0 Å². The van der Waals surface area contributed by atoms with Crippen LogP contribution in [0, 0.1) is 0 Å². The van der Waals surface area contributed by atoms with Gasteiger partial charge in [-0.25, -0.2) is 0 Å². The van der Waals surface area contributed by atoms with E-state index in [-0.39, 0.29) is 12.0 Å². The SMILES string of the molecule is O=C(c1ccc(CBr)cc1)N1CC[C@@H](O)C1. The first-order chi connectivity index (χ1) is 7.70. The van der Waals surface area contributed by atoms with Crippen molar-refractivity contribution in [1.82, 2.24) is 4.90 Å². The van der Waals surface area contributed by atoms with E-state index in [9.17, 15) is 9.90 Å². The Balaban J connectivity index is 2.08. The summed E-state index contributed by atoms with van der Waals surface area (Å²) in [5, 5.41) is 10.2. The lowest BCUT2D eigenvalue weighted by atomic mass is 10.1. The first kappa shape index (κ1) is 11.6. The lowest BCUT2D eigenvalue weighted by molar-refractivity contribution is 0.0765. The summed E-state index contributed by atoms with van der Waals surface area (Å²) in [5.74, 6) is 0.0117. The first-order valence-corrected chi connectivity index (χ1v) is 6.45. The zero-order valence-electron chi connectivity index (χ0n) is 8.90. The van der Waals surface area contributed by atoms with Gasteiger partial charge >= 0.3 is 0 Å². The molecule has 0 unspecified atom stereocenters. The molecule has 0 aromatic heterocycles. The maximum absolute atomic E-state index is 12.0. The number of likely N-dealkylation sites (tertiary alicyclic amines) is 1. The standard InChI is InChI=1S/C12H14BrNO2/c13-7-9-1-3-10(4-2-9)12(16)14-6-5-11(15)8-14/h1-4,11,15H,5-8H2/t11-/m1/s1. The Morgan fingerprint density at radius 1 is 1.44 bits per heavy atom. The van der Waals surface area contributed by atoms with Crippen LogP contribution in [0.3, 0.4) is 0 Å². The summed E-state index contributed by atoms with van der Waals surface area (Å²) in [6.07, 6.45) is 0.330. The van der Waals surface area contributed by atoms with Crippen LogP contribution in [0.2, 0.25) is 0 Å². The molecule has 1 heterocycles. The second-order valence-corrected chi connectivity index (χ2v) is 4.58. The Kier molecular flexibility index (Phi) is 3.61. The number of aliphatic hydroxyl groups is 1. The Morgan fingerprint density at radius 2 is 2.12 bits per heavy atom. The molecule has 3 nitrogen and oxygen atoms in total. The predicted octanol–water partition coefficient (Wildman–Crippen LogP) is 1.79. The fraction of sp³-hybridized carbons (Fsp3) is 0.417. The van der Waals surface area contributed by atoms with Gasteiger partial charge < -0.3 is 10.0 Å². The summed E-state index contributed by atoms with van der Waals surface area (Å²) >= 11 is 3.36. The number of aliphatic hydroxyl groups excluding tert-OH is 1. The Morgan fingerprint density at radius 3 is 2.62 bits per heavy atom. The minimum Gasteiger partial charge on any atom is -0.391 e.